The summed E-state index contributed by atoms with van der Waals surface area (Å²) < 4.78 is 40.2. The number of pyridine rings is 1. The Morgan fingerprint density at radius 1 is 1.12 bits per heavy atom. The predicted molar refractivity (Wildman–Crippen MR) is 199 cm³/mol. The fraction of sp³-hybridized carbons (Fsp3) is 0.553. The third-order valence-electron chi connectivity index (χ3n) is 11.0. The van der Waals surface area contributed by atoms with Gasteiger partial charge >= 0.3 is 0 Å². The van der Waals surface area contributed by atoms with Crippen LogP contribution >= 0.6 is 11.3 Å². The van der Waals surface area contributed by atoms with Crippen molar-refractivity contribution in [3.05, 3.63) is 47.0 Å². The number of methoxy groups -OCH3 is 1. The minimum atomic E-state index is -3.83. The summed E-state index contributed by atoms with van der Waals surface area (Å²) in [6, 6.07) is 5.66. The average Bonchev–Trinajstić information content (AvgIpc) is 3.98. The van der Waals surface area contributed by atoms with Crippen LogP contribution in [0.1, 0.15) is 82.4 Å². The van der Waals surface area contributed by atoms with E-state index in [1.807, 2.05) is 42.7 Å². The van der Waals surface area contributed by atoms with Crippen molar-refractivity contribution in [3.63, 3.8) is 0 Å². The van der Waals surface area contributed by atoms with Crippen molar-refractivity contribution in [1.29, 1.82) is 0 Å². The molecule has 0 unspecified atom stereocenters. The number of allylic oxidation sites excluding steroid dienone is 1. The van der Waals surface area contributed by atoms with E-state index in [0.717, 1.165) is 40.9 Å². The standard InChI is InChI=1S/C38H47N5O7S2/c1-21(2)30-20-51-35(40-30)29-18-32(26-13-14-31(49-5)22(3)33(26)39-29)50-24-16-27-28(17-24)36(45)43(4)15-9-7-6-8-10-23-19-38(23,41-34(27)44)37(46)42-52(47,48)25-11-12-25/h8,10,13-14,18,20-21,23-25,27-28H,6-7,9,11-12,15-17,19H2,1-5H3,(H,41,44)(H,42,46)/t23-,24-,27-,28-,38+/m1/s1. The summed E-state index contributed by atoms with van der Waals surface area (Å²) in [5.74, 6) is -1.63. The second-order valence-electron chi connectivity index (χ2n) is 15.1. The number of hydrogen-bond donors (Lipinski definition) is 2. The lowest BCUT2D eigenvalue weighted by Gasteiger charge is -2.26. The van der Waals surface area contributed by atoms with Crippen LogP contribution in [0.4, 0.5) is 0 Å². The van der Waals surface area contributed by atoms with E-state index in [1.165, 1.54) is 11.3 Å². The van der Waals surface area contributed by atoms with Gasteiger partial charge in [0.15, 0.2) is 0 Å². The summed E-state index contributed by atoms with van der Waals surface area (Å²) in [6.45, 7) is 6.69. The number of carbonyl (C=O) groups excluding carboxylic acids is 3. The van der Waals surface area contributed by atoms with Crippen LogP contribution in [0.15, 0.2) is 35.7 Å². The second kappa shape index (κ2) is 14.1. The Morgan fingerprint density at radius 3 is 2.60 bits per heavy atom. The molecule has 3 saturated carbocycles. The van der Waals surface area contributed by atoms with Crippen molar-refractivity contribution in [1.82, 2.24) is 24.9 Å². The van der Waals surface area contributed by atoms with Gasteiger partial charge in [0.2, 0.25) is 21.8 Å². The van der Waals surface area contributed by atoms with E-state index in [2.05, 4.69) is 23.9 Å². The lowest BCUT2D eigenvalue weighted by atomic mass is 9.93. The average molecular weight is 750 g/mol. The second-order valence-corrected chi connectivity index (χ2v) is 17.9. The van der Waals surface area contributed by atoms with Gasteiger partial charge in [-0.15, -0.1) is 11.3 Å². The molecule has 1 aliphatic heterocycles. The number of sulfonamides is 1. The maximum absolute atomic E-state index is 14.3. The van der Waals surface area contributed by atoms with E-state index in [-0.39, 0.29) is 30.6 Å². The van der Waals surface area contributed by atoms with Crippen LogP contribution in [-0.2, 0) is 24.4 Å². The molecule has 5 atom stereocenters. The Hall–Kier alpha value is -4.04. The van der Waals surface area contributed by atoms with Gasteiger partial charge in [-0.05, 0) is 76.3 Å². The number of carbonyl (C=O) groups is 3. The summed E-state index contributed by atoms with van der Waals surface area (Å²) in [5.41, 5.74) is 1.79. The number of thiazole rings is 1. The first kappa shape index (κ1) is 36.3. The number of amides is 3. The maximum Gasteiger partial charge on any atom is 0.259 e. The molecule has 4 aliphatic rings. The van der Waals surface area contributed by atoms with Gasteiger partial charge in [0.25, 0.3) is 5.91 Å². The Labute approximate surface area is 308 Å². The van der Waals surface area contributed by atoms with Gasteiger partial charge in [0, 0.05) is 41.9 Å². The highest BCUT2D eigenvalue weighted by Gasteiger charge is 2.62. The number of aromatic nitrogens is 2. The van der Waals surface area contributed by atoms with Crippen LogP contribution in [0.5, 0.6) is 11.5 Å². The summed E-state index contributed by atoms with van der Waals surface area (Å²) in [5, 5.41) is 5.95. The Morgan fingerprint density at radius 2 is 1.88 bits per heavy atom. The molecular weight excluding hydrogens is 703 g/mol. The number of nitrogens with zero attached hydrogens (tertiary/aromatic N) is 3. The number of benzene rings is 1. The number of nitrogens with one attached hydrogen (secondary N) is 2. The number of rotatable bonds is 8. The zero-order valence-electron chi connectivity index (χ0n) is 30.3. The molecule has 278 valence electrons. The summed E-state index contributed by atoms with van der Waals surface area (Å²) >= 11 is 1.51. The molecule has 0 bridgehead atoms. The SMILES string of the molecule is COc1ccc2c(O[C@@H]3C[C@H]4C(=O)N[C@@]5(C(=O)NS(=O)(=O)C6CC6)C[C@H]5C=CCCCCN(C)C(=O)[C@@H]4C3)cc(-c3nc(C(C)C)cs3)nc2c1C. The van der Waals surface area contributed by atoms with Crippen LogP contribution in [0.2, 0.25) is 0 Å². The highest BCUT2D eigenvalue weighted by atomic mass is 32.2. The van der Waals surface area contributed by atoms with E-state index in [0.29, 0.717) is 48.5 Å². The summed E-state index contributed by atoms with van der Waals surface area (Å²) in [4.78, 5) is 53.5. The van der Waals surface area contributed by atoms with Gasteiger partial charge in [-0.1, -0.05) is 26.0 Å². The van der Waals surface area contributed by atoms with Crippen LogP contribution in [0.3, 0.4) is 0 Å². The highest BCUT2D eigenvalue weighted by molar-refractivity contribution is 7.91. The van der Waals surface area contributed by atoms with Crippen molar-refractivity contribution in [2.75, 3.05) is 20.7 Å². The first-order valence-corrected chi connectivity index (χ1v) is 20.6. The summed E-state index contributed by atoms with van der Waals surface area (Å²) in [6.07, 6.45) is 7.61. The number of aryl methyl sites for hydroxylation is 1. The molecule has 2 N–H and O–H groups in total. The lowest BCUT2D eigenvalue weighted by molar-refractivity contribution is -0.140. The van der Waals surface area contributed by atoms with Gasteiger partial charge in [0.1, 0.15) is 33.8 Å². The molecule has 3 aromatic rings. The Kier molecular flexibility index (Phi) is 9.83. The summed E-state index contributed by atoms with van der Waals surface area (Å²) in [7, 11) is -0.445. The zero-order valence-corrected chi connectivity index (χ0v) is 31.9. The van der Waals surface area contributed by atoms with Crippen molar-refractivity contribution < 1.29 is 32.3 Å². The molecule has 1 aromatic carbocycles. The first-order valence-electron chi connectivity index (χ1n) is 18.2. The Bertz CT molecular complexity index is 2040. The van der Waals surface area contributed by atoms with E-state index >= 15 is 0 Å². The normalized spacial score (nSPS) is 26.8. The monoisotopic (exact) mass is 749 g/mol. The largest absolute Gasteiger partial charge is 0.496 e. The predicted octanol–water partition coefficient (Wildman–Crippen LogP) is 5.25. The van der Waals surface area contributed by atoms with Gasteiger partial charge < -0.3 is 19.7 Å². The topological polar surface area (TPSA) is 157 Å². The van der Waals surface area contributed by atoms with Crippen LogP contribution in [-0.4, -0.2) is 78.6 Å². The molecule has 3 fully saturated rings. The molecule has 0 radical (unpaired) electrons. The van der Waals surface area contributed by atoms with E-state index in [4.69, 9.17) is 19.4 Å². The van der Waals surface area contributed by atoms with Crippen molar-refractivity contribution >= 4 is 50.0 Å². The zero-order chi connectivity index (χ0) is 36.9. The molecule has 14 heteroatoms. The molecule has 12 nitrogen and oxygen atoms in total. The fourth-order valence-corrected chi connectivity index (χ4v) is 9.85. The van der Waals surface area contributed by atoms with Gasteiger partial charge in [-0.2, -0.15) is 0 Å². The van der Waals surface area contributed by atoms with E-state index in [9.17, 15) is 22.8 Å². The molecule has 7 rings (SSSR count). The van der Waals surface area contributed by atoms with Crippen molar-refractivity contribution in [2.24, 2.45) is 17.8 Å². The molecule has 3 heterocycles. The number of hydrogen-bond acceptors (Lipinski definition) is 10. The quantitative estimate of drug-likeness (QED) is 0.294. The van der Waals surface area contributed by atoms with Crippen molar-refractivity contribution in [3.8, 4) is 22.2 Å². The minimum absolute atomic E-state index is 0.147. The van der Waals surface area contributed by atoms with Gasteiger partial charge in [-0.3, -0.25) is 19.1 Å². The molecule has 2 aromatic heterocycles. The maximum atomic E-state index is 14.3. The molecule has 0 spiro atoms. The Balaban J connectivity index is 1.21. The van der Waals surface area contributed by atoms with E-state index < -0.39 is 50.6 Å². The molecule has 0 saturated heterocycles. The van der Waals surface area contributed by atoms with E-state index in [1.54, 1.807) is 19.1 Å². The number of ether oxygens (including phenoxy) is 2. The molecule has 3 amide bonds. The first-order chi connectivity index (χ1) is 24.8. The molecular formula is C38H47N5O7S2. The third-order valence-corrected chi connectivity index (χ3v) is 13.7. The van der Waals surface area contributed by atoms with Crippen molar-refractivity contribution in [2.45, 2.75) is 94.9 Å². The lowest BCUT2D eigenvalue weighted by Crippen LogP contribution is -2.54. The molecule has 52 heavy (non-hydrogen) atoms. The number of fused-ring (bicyclic) bond motifs is 3. The van der Waals surface area contributed by atoms with Crippen LogP contribution in [0.25, 0.3) is 21.6 Å². The highest BCUT2D eigenvalue weighted by Crippen LogP contribution is 2.47. The minimum Gasteiger partial charge on any atom is -0.496 e. The van der Waals surface area contributed by atoms with Crippen LogP contribution < -0.4 is 19.5 Å². The van der Waals surface area contributed by atoms with Gasteiger partial charge in [-0.25, -0.2) is 18.4 Å². The third kappa shape index (κ3) is 7.03. The van der Waals surface area contributed by atoms with Gasteiger partial charge in [0.05, 0.1) is 35.4 Å². The fourth-order valence-electron chi connectivity index (χ4n) is 7.55. The molecule has 3 aliphatic carbocycles. The van der Waals surface area contributed by atoms with Crippen LogP contribution in [0, 0.1) is 24.7 Å². The smallest absolute Gasteiger partial charge is 0.259 e.